The Morgan fingerprint density at radius 2 is 2.20 bits per heavy atom. The van der Waals surface area contributed by atoms with Crippen molar-refractivity contribution in [2.45, 2.75) is 31.8 Å². The Labute approximate surface area is 117 Å². The van der Waals surface area contributed by atoms with Crippen LogP contribution in [0.1, 0.15) is 30.1 Å². The number of amides is 1. The minimum absolute atomic E-state index is 0.0725. The first-order chi connectivity index (χ1) is 9.75. The number of carbonyl (C=O) groups is 1. The Kier molecular flexibility index (Phi) is 3.60. The number of aromatic nitrogens is 2. The van der Waals surface area contributed by atoms with Crippen LogP contribution in [0.25, 0.3) is 11.0 Å². The Bertz CT molecular complexity index is 623. The highest BCUT2D eigenvalue weighted by atomic mass is 16.1. The summed E-state index contributed by atoms with van der Waals surface area (Å²) >= 11 is 0. The van der Waals surface area contributed by atoms with E-state index in [9.17, 15) is 4.79 Å². The molecule has 5 heteroatoms. The molecule has 2 heterocycles. The molecule has 2 aromatic rings. The molecule has 1 aromatic carbocycles. The fourth-order valence-electron chi connectivity index (χ4n) is 2.66. The van der Waals surface area contributed by atoms with Crippen LogP contribution < -0.4 is 10.6 Å². The van der Waals surface area contributed by atoms with Crippen molar-refractivity contribution in [1.29, 1.82) is 0 Å². The van der Waals surface area contributed by atoms with Gasteiger partial charge in [0.2, 0.25) is 0 Å². The molecule has 20 heavy (non-hydrogen) atoms. The topological polar surface area (TPSA) is 66.9 Å². The first-order valence-electron chi connectivity index (χ1n) is 6.99. The first-order valence-corrected chi connectivity index (χ1v) is 6.99. The number of fused-ring (bicyclic) bond motifs is 1. The molecule has 1 fully saturated rings. The zero-order valence-electron chi connectivity index (χ0n) is 11.5. The van der Waals surface area contributed by atoms with Gasteiger partial charge < -0.3 is 10.6 Å². The van der Waals surface area contributed by atoms with E-state index in [0.717, 1.165) is 24.9 Å². The second-order valence-corrected chi connectivity index (χ2v) is 5.19. The normalized spacial score (nSPS) is 22.6. The third kappa shape index (κ3) is 2.49. The van der Waals surface area contributed by atoms with Crippen LogP contribution in [-0.2, 0) is 0 Å². The number of carbonyl (C=O) groups excluding carboxylic acids is 1. The molecule has 1 amide bonds. The van der Waals surface area contributed by atoms with E-state index in [1.807, 2.05) is 12.1 Å². The molecular weight excluding hydrogens is 252 g/mol. The van der Waals surface area contributed by atoms with Gasteiger partial charge in [0.25, 0.3) is 5.91 Å². The van der Waals surface area contributed by atoms with Crippen molar-refractivity contribution >= 4 is 16.9 Å². The van der Waals surface area contributed by atoms with Crippen molar-refractivity contribution in [1.82, 2.24) is 20.6 Å². The van der Waals surface area contributed by atoms with Crippen molar-refractivity contribution in [3.05, 3.63) is 36.2 Å². The maximum atomic E-state index is 12.5. The molecule has 1 aromatic heterocycles. The number of rotatable bonds is 2. The fraction of sp³-hybridized carbons (Fsp3) is 0.400. The molecule has 5 nitrogen and oxygen atoms in total. The summed E-state index contributed by atoms with van der Waals surface area (Å²) < 4.78 is 0. The summed E-state index contributed by atoms with van der Waals surface area (Å²) in [6.45, 7) is 3.13. The molecule has 1 aliphatic heterocycles. The monoisotopic (exact) mass is 270 g/mol. The zero-order valence-corrected chi connectivity index (χ0v) is 11.5. The largest absolute Gasteiger partial charge is 0.348 e. The van der Waals surface area contributed by atoms with Crippen LogP contribution in [0.4, 0.5) is 0 Å². The summed E-state index contributed by atoms with van der Waals surface area (Å²) in [5.41, 5.74) is 1.99. The Balaban J connectivity index is 1.85. The number of hydrogen-bond acceptors (Lipinski definition) is 4. The lowest BCUT2D eigenvalue weighted by Crippen LogP contribution is -2.51. The minimum Gasteiger partial charge on any atom is -0.348 e. The summed E-state index contributed by atoms with van der Waals surface area (Å²) in [5.74, 6) is -0.0725. The molecule has 1 aliphatic rings. The highest BCUT2D eigenvalue weighted by Gasteiger charge is 2.23. The van der Waals surface area contributed by atoms with Crippen LogP contribution in [0.5, 0.6) is 0 Å². The van der Waals surface area contributed by atoms with E-state index in [-0.39, 0.29) is 11.9 Å². The third-order valence-corrected chi connectivity index (χ3v) is 3.82. The van der Waals surface area contributed by atoms with E-state index in [2.05, 4.69) is 27.5 Å². The summed E-state index contributed by atoms with van der Waals surface area (Å²) in [5, 5.41) is 6.49. The van der Waals surface area contributed by atoms with Gasteiger partial charge in [0.15, 0.2) is 0 Å². The highest BCUT2D eigenvalue weighted by molar-refractivity contribution is 6.04. The summed E-state index contributed by atoms with van der Waals surface area (Å²) in [7, 11) is 0. The SMILES string of the molecule is CC1NCCCC1NC(=O)c1cccc2nccnc12. The van der Waals surface area contributed by atoms with Crippen LogP contribution in [-0.4, -0.2) is 34.5 Å². The van der Waals surface area contributed by atoms with Crippen LogP contribution in [0.3, 0.4) is 0 Å². The second kappa shape index (κ2) is 5.54. The molecule has 3 rings (SSSR count). The van der Waals surface area contributed by atoms with Gasteiger partial charge >= 0.3 is 0 Å². The van der Waals surface area contributed by atoms with Crippen LogP contribution in [0.15, 0.2) is 30.6 Å². The van der Waals surface area contributed by atoms with Crippen LogP contribution >= 0.6 is 0 Å². The van der Waals surface area contributed by atoms with Crippen LogP contribution in [0.2, 0.25) is 0 Å². The van der Waals surface area contributed by atoms with Gasteiger partial charge in [-0.2, -0.15) is 0 Å². The highest BCUT2D eigenvalue weighted by Crippen LogP contribution is 2.15. The summed E-state index contributed by atoms with van der Waals surface area (Å²) in [6, 6.07) is 5.97. The van der Waals surface area contributed by atoms with Gasteiger partial charge in [0.1, 0.15) is 5.52 Å². The Hall–Kier alpha value is -2.01. The van der Waals surface area contributed by atoms with E-state index in [4.69, 9.17) is 0 Å². The lowest BCUT2D eigenvalue weighted by Gasteiger charge is -2.30. The lowest BCUT2D eigenvalue weighted by atomic mass is 9.99. The smallest absolute Gasteiger partial charge is 0.253 e. The van der Waals surface area contributed by atoms with Gasteiger partial charge in [-0.1, -0.05) is 6.07 Å². The fourth-order valence-corrected chi connectivity index (χ4v) is 2.66. The van der Waals surface area contributed by atoms with Crippen molar-refractivity contribution < 1.29 is 4.79 Å². The number of benzene rings is 1. The predicted molar refractivity (Wildman–Crippen MR) is 77.5 cm³/mol. The maximum absolute atomic E-state index is 12.5. The molecule has 0 aliphatic carbocycles. The number of hydrogen-bond donors (Lipinski definition) is 2. The van der Waals surface area contributed by atoms with E-state index in [1.54, 1.807) is 18.5 Å². The standard InChI is InChI=1S/C15H18N4O/c1-10-12(6-3-7-16-10)19-15(20)11-4-2-5-13-14(11)18-9-8-17-13/h2,4-5,8-10,12,16H,3,6-7H2,1H3,(H,19,20). The third-order valence-electron chi connectivity index (χ3n) is 3.82. The molecule has 2 atom stereocenters. The van der Waals surface area contributed by atoms with Gasteiger partial charge in [-0.25, -0.2) is 0 Å². The lowest BCUT2D eigenvalue weighted by molar-refractivity contribution is 0.0921. The number of piperidine rings is 1. The molecule has 0 radical (unpaired) electrons. The molecule has 2 N–H and O–H groups in total. The molecule has 0 bridgehead atoms. The van der Waals surface area contributed by atoms with Crippen LogP contribution in [0, 0.1) is 0 Å². The molecule has 1 saturated heterocycles. The summed E-state index contributed by atoms with van der Waals surface area (Å²) in [4.78, 5) is 21.0. The number of nitrogens with one attached hydrogen (secondary N) is 2. The first kappa shape index (κ1) is 13.0. The van der Waals surface area contributed by atoms with Crippen molar-refractivity contribution in [3.63, 3.8) is 0 Å². The van der Waals surface area contributed by atoms with E-state index in [1.165, 1.54) is 0 Å². The molecule has 0 saturated carbocycles. The summed E-state index contributed by atoms with van der Waals surface area (Å²) in [6.07, 6.45) is 5.35. The minimum atomic E-state index is -0.0725. The van der Waals surface area contributed by atoms with Crippen molar-refractivity contribution in [2.24, 2.45) is 0 Å². The number of para-hydroxylation sites is 1. The molecule has 0 spiro atoms. The average Bonchev–Trinajstić information content (AvgIpc) is 2.49. The molecule has 104 valence electrons. The van der Waals surface area contributed by atoms with Gasteiger partial charge in [-0.15, -0.1) is 0 Å². The molecular formula is C15H18N4O. The zero-order chi connectivity index (χ0) is 13.9. The van der Waals surface area contributed by atoms with E-state index in [0.29, 0.717) is 17.1 Å². The number of nitrogens with zero attached hydrogens (tertiary/aromatic N) is 2. The average molecular weight is 270 g/mol. The molecule has 2 unspecified atom stereocenters. The van der Waals surface area contributed by atoms with Crippen molar-refractivity contribution in [2.75, 3.05) is 6.54 Å². The predicted octanol–water partition coefficient (Wildman–Crippen LogP) is 1.50. The van der Waals surface area contributed by atoms with Gasteiger partial charge in [-0.3, -0.25) is 14.8 Å². The van der Waals surface area contributed by atoms with E-state index < -0.39 is 0 Å². The van der Waals surface area contributed by atoms with Gasteiger partial charge in [-0.05, 0) is 38.4 Å². The Morgan fingerprint density at radius 1 is 1.35 bits per heavy atom. The van der Waals surface area contributed by atoms with Gasteiger partial charge in [0.05, 0.1) is 11.1 Å². The quantitative estimate of drug-likeness (QED) is 0.868. The second-order valence-electron chi connectivity index (χ2n) is 5.19. The van der Waals surface area contributed by atoms with Gasteiger partial charge in [0, 0.05) is 24.5 Å². The Morgan fingerprint density at radius 3 is 3.05 bits per heavy atom. The van der Waals surface area contributed by atoms with E-state index >= 15 is 0 Å². The van der Waals surface area contributed by atoms with Crippen molar-refractivity contribution in [3.8, 4) is 0 Å². The maximum Gasteiger partial charge on any atom is 0.253 e.